The Morgan fingerprint density at radius 3 is 2.50 bits per heavy atom. The lowest BCUT2D eigenvalue weighted by atomic mass is 10.0. The highest BCUT2D eigenvalue weighted by molar-refractivity contribution is 5.90. The molecule has 0 aliphatic carbocycles. The van der Waals surface area contributed by atoms with Gasteiger partial charge in [0.15, 0.2) is 0 Å². The SMILES string of the molecule is CCC(CN)CC(=O)Nc1ccc(N(CC)CC)nc1. The van der Waals surface area contributed by atoms with Gasteiger partial charge in [-0.15, -0.1) is 0 Å². The van der Waals surface area contributed by atoms with Crippen LogP contribution < -0.4 is 16.0 Å². The molecule has 0 saturated carbocycles. The first-order chi connectivity index (χ1) is 9.64. The van der Waals surface area contributed by atoms with E-state index in [9.17, 15) is 4.79 Å². The van der Waals surface area contributed by atoms with Crippen molar-refractivity contribution in [2.75, 3.05) is 29.9 Å². The number of hydrogen-bond acceptors (Lipinski definition) is 4. The van der Waals surface area contributed by atoms with Crippen LogP contribution in [0.1, 0.15) is 33.6 Å². The monoisotopic (exact) mass is 278 g/mol. The van der Waals surface area contributed by atoms with Gasteiger partial charge in [0.1, 0.15) is 5.82 Å². The minimum absolute atomic E-state index is 0.000288. The van der Waals surface area contributed by atoms with Crippen molar-refractivity contribution < 1.29 is 4.79 Å². The lowest BCUT2D eigenvalue weighted by molar-refractivity contribution is -0.117. The molecule has 1 unspecified atom stereocenters. The quantitative estimate of drug-likeness (QED) is 0.765. The molecule has 1 amide bonds. The third kappa shape index (κ3) is 4.81. The highest BCUT2D eigenvalue weighted by Crippen LogP contribution is 2.15. The number of carbonyl (C=O) groups is 1. The van der Waals surface area contributed by atoms with Gasteiger partial charge in [-0.3, -0.25) is 4.79 Å². The molecule has 0 radical (unpaired) electrons. The predicted octanol–water partition coefficient (Wildman–Crippen LogP) is 2.24. The number of nitrogens with zero attached hydrogens (tertiary/aromatic N) is 2. The summed E-state index contributed by atoms with van der Waals surface area (Å²) in [7, 11) is 0. The largest absolute Gasteiger partial charge is 0.357 e. The summed E-state index contributed by atoms with van der Waals surface area (Å²) < 4.78 is 0. The third-order valence-corrected chi connectivity index (χ3v) is 3.50. The number of rotatable bonds is 8. The van der Waals surface area contributed by atoms with E-state index in [2.05, 4.69) is 29.0 Å². The van der Waals surface area contributed by atoms with Crippen molar-refractivity contribution >= 4 is 17.4 Å². The van der Waals surface area contributed by atoms with Gasteiger partial charge in [-0.2, -0.15) is 0 Å². The Hall–Kier alpha value is -1.62. The van der Waals surface area contributed by atoms with Crippen LogP contribution in [0.3, 0.4) is 0 Å². The fraction of sp³-hybridized carbons (Fsp3) is 0.600. The lowest BCUT2D eigenvalue weighted by Crippen LogP contribution is -2.23. The van der Waals surface area contributed by atoms with E-state index in [1.54, 1.807) is 6.20 Å². The summed E-state index contributed by atoms with van der Waals surface area (Å²) in [5, 5.41) is 2.87. The first-order valence-corrected chi connectivity index (χ1v) is 7.35. The van der Waals surface area contributed by atoms with E-state index in [0.29, 0.717) is 13.0 Å². The summed E-state index contributed by atoms with van der Waals surface area (Å²) in [4.78, 5) is 18.4. The number of aromatic nitrogens is 1. The lowest BCUT2D eigenvalue weighted by Gasteiger charge is -2.19. The highest BCUT2D eigenvalue weighted by Gasteiger charge is 2.11. The fourth-order valence-electron chi connectivity index (χ4n) is 2.06. The average Bonchev–Trinajstić information content (AvgIpc) is 2.47. The van der Waals surface area contributed by atoms with E-state index in [1.165, 1.54) is 0 Å². The Morgan fingerprint density at radius 2 is 2.05 bits per heavy atom. The van der Waals surface area contributed by atoms with E-state index in [-0.39, 0.29) is 11.8 Å². The Bertz CT molecular complexity index is 397. The molecular weight excluding hydrogens is 252 g/mol. The molecule has 1 aromatic rings. The molecule has 1 atom stereocenters. The fourth-order valence-corrected chi connectivity index (χ4v) is 2.06. The molecule has 1 rings (SSSR count). The maximum Gasteiger partial charge on any atom is 0.224 e. The van der Waals surface area contributed by atoms with Crippen molar-refractivity contribution in [3.63, 3.8) is 0 Å². The van der Waals surface area contributed by atoms with E-state index in [1.807, 2.05) is 19.1 Å². The van der Waals surface area contributed by atoms with Gasteiger partial charge < -0.3 is 16.0 Å². The molecule has 0 aliphatic heterocycles. The van der Waals surface area contributed by atoms with E-state index < -0.39 is 0 Å². The molecule has 1 heterocycles. The summed E-state index contributed by atoms with van der Waals surface area (Å²) in [6.07, 6.45) is 3.09. The molecule has 0 spiro atoms. The van der Waals surface area contributed by atoms with Crippen LogP contribution in [0.15, 0.2) is 18.3 Å². The first-order valence-electron chi connectivity index (χ1n) is 7.35. The number of anilines is 2. The molecule has 1 aromatic heterocycles. The number of carbonyl (C=O) groups excluding carboxylic acids is 1. The van der Waals surface area contributed by atoms with Crippen molar-refractivity contribution in [3.8, 4) is 0 Å². The van der Waals surface area contributed by atoms with Gasteiger partial charge in [-0.05, 0) is 38.4 Å². The molecular formula is C15H26N4O. The molecule has 5 heteroatoms. The van der Waals surface area contributed by atoms with Crippen molar-refractivity contribution in [1.82, 2.24) is 4.98 Å². The number of hydrogen-bond donors (Lipinski definition) is 2. The summed E-state index contributed by atoms with van der Waals surface area (Å²) in [6, 6.07) is 3.82. The van der Waals surface area contributed by atoms with Crippen LogP contribution in [0.4, 0.5) is 11.5 Å². The maximum atomic E-state index is 11.9. The second kappa shape index (κ2) is 8.53. The van der Waals surface area contributed by atoms with Crippen LogP contribution in [-0.2, 0) is 4.79 Å². The second-order valence-corrected chi connectivity index (χ2v) is 4.84. The Balaban J connectivity index is 2.59. The highest BCUT2D eigenvalue weighted by atomic mass is 16.1. The van der Waals surface area contributed by atoms with Crippen LogP contribution in [0, 0.1) is 5.92 Å². The number of pyridine rings is 1. The van der Waals surface area contributed by atoms with Gasteiger partial charge in [0.05, 0.1) is 11.9 Å². The Morgan fingerprint density at radius 1 is 1.35 bits per heavy atom. The molecule has 0 saturated heterocycles. The summed E-state index contributed by atoms with van der Waals surface area (Å²) >= 11 is 0. The zero-order valence-electron chi connectivity index (χ0n) is 12.7. The van der Waals surface area contributed by atoms with Crippen molar-refractivity contribution in [3.05, 3.63) is 18.3 Å². The van der Waals surface area contributed by atoms with Crippen LogP contribution in [0.5, 0.6) is 0 Å². The molecule has 0 aromatic carbocycles. The van der Waals surface area contributed by atoms with E-state index in [4.69, 9.17) is 5.73 Å². The molecule has 5 nitrogen and oxygen atoms in total. The van der Waals surface area contributed by atoms with Crippen LogP contribution >= 0.6 is 0 Å². The molecule has 0 aliphatic rings. The molecule has 112 valence electrons. The average molecular weight is 278 g/mol. The van der Waals surface area contributed by atoms with Crippen LogP contribution in [0.2, 0.25) is 0 Å². The second-order valence-electron chi connectivity index (χ2n) is 4.84. The zero-order chi connectivity index (χ0) is 15.0. The Kier molecular flexibility index (Phi) is 7.01. The number of nitrogens with two attached hydrogens (primary N) is 1. The standard InChI is InChI=1S/C15H26N4O/c1-4-12(10-16)9-15(20)18-13-7-8-14(17-11-13)19(5-2)6-3/h7-8,11-12H,4-6,9-10,16H2,1-3H3,(H,18,20). The van der Waals surface area contributed by atoms with E-state index in [0.717, 1.165) is 31.0 Å². The number of nitrogens with one attached hydrogen (secondary N) is 1. The molecule has 0 fully saturated rings. The van der Waals surface area contributed by atoms with Gasteiger partial charge in [0.2, 0.25) is 5.91 Å². The molecule has 3 N–H and O–H groups in total. The zero-order valence-corrected chi connectivity index (χ0v) is 12.7. The van der Waals surface area contributed by atoms with Gasteiger partial charge in [0, 0.05) is 19.5 Å². The first kappa shape index (κ1) is 16.4. The minimum atomic E-state index is -0.000288. The molecule has 20 heavy (non-hydrogen) atoms. The summed E-state index contributed by atoms with van der Waals surface area (Å²) in [5.41, 5.74) is 6.34. The normalized spacial score (nSPS) is 12.0. The van der Waals surface area contributed by atoms with Crippen LogP contribution in [-0.4, -0.2) is 30.5 Å². The number of amides is 1. The van der Waals surface area contributed by atoms with Gasteiger partial charge >= 0.3 is 0 Å². The predicted molar refractivity (Wildman–Crippen MR) is 83.9 cm³/mol. The smallest absolute Gasteiger partial charge is 0.224 e. The molecule has 0 bridgehead atoms. The van der Waals surface area contributed by atoms with Crippen molar-refractivity contribution in [2.45, 2.75) is 33.6 Å². The summed E-state index contributed by atoms with van der Waals surface area (Å²) in [6.45, 7) is 8.62. The van der Waals surface area contributed by atoms with Gasteiger partial charge in [0.25, 0.3) is 0 Å². The van der Waals surface area contributed by atoms with Gasteiger partial charge in [-0.1, -0.05) is 13.3 Å². The third-order valence-electron chi connectivity index (χ3n) is 3.50. The maximum absolute atomic E-state index is 11.9. The summed E-state index contributed by atoms with van der Waals surface area (Å²) in [5.74, 6) is 1.18. The van der Waals surface area contributed by atoms with E-state index >= 15 is 0 Å². The van der Waals surface area contributed by atoms with Crippen molar-refractivity contribution in [1.29, 1.82) is 0 Å². The Labute approximate surface area is 121 Å². The minimum Gasteiger partial charge on any atom is -0.357 e. The van der Waals surface area contributed by atoms with Gasteiger partial charge in [-0.25, -0.2) is 4.98 Å². The van der Waals surface area contributed by atoms with Crippen molar-refractivity contribution in [2.24, 2.45) is 11.7 Å². The topological polar surface area (TPSA) is 71.2 Å². The van der Waals surface area contributed by atoms with Crippen LogP contribution in [0.25, 0.3) is 0 Å².